The molecule has 0 saturated heterocycles. The molecule has 0 amide bonds. The van der Waals surface area contributed by atoms with Crippen LogP contribution in [0.2, 0.25) is 0 Å². The summed E-state index contributed by atoms with van der Waals surface area (Å²) in [4.78, 5) is -0.685. The van der Waals surface area contributed by atoms with E-state index in [0.717, 1.165) is 12.1 Å². The van der Waals surface area contributed by atoms with Crippen molar-refractivity contribution in [1.82, 2.24) is 0 Å². The van der Waals surface area contributed by atoms with E-state index in [4.69, 9.17) is 9.11 Å². The van der Waals surface area contributed by atoms with Gasteiger partial charge in [-0.05, 0) is 35.4 Å². The molecule has 0 atom stereocenters. The standard InChI is InChI=1S/C10H8O6S2.Na.H/c11-17(12,13)9-3-1-2-7-4-10(18(14,15)16)6-8(7)5-9;;/h1-6H,(H,11,12,13)(H,14,15,16);;. The van der Waals surface area contributed by atoms with Crippen molar-refractivity contribution < 1.29 is 25.9 Å². The molecule has 0 unspecified atom stereocenters. The van der Waals surface area contributed by atoms with Crippen LogP contribution in [0.4, 0.5) is 0 Å². The van der Waals surface area contributed by atoms with E-state index in [2.05, 4.69) is 0 Å². The average molecular weight is 312 g/mol. The summed E-state index contributed by atoms with van der Waals surface area (Å²) in [6.45, 7) is 0. The van der Waals surface area contributed by atoms with Gasteiger partial charge in [0.05, 0.1) is 9.79 Å². The van der Waals surface area contributed by atoms with E-state index in [9.17, 15) is 16.8 Å². The zero-order valence-corrected chi connectivity index (χ0v) is 10.4. The molecule has 2 N–H and O–H groups in total. The van der Waals surface area contributed by atoms with Crippen molar-refractivity contribution in [2.75, 3.05) is 0 Å². The Labute approximate surface area is 132 Å². The van der Waals surface area contributed by atoms with Crippen LogP contribution < -0.4 is 0 Å². The van der Waals surface area contributed by atoms with Crippen LogP contribution in [0.15, 0.2) is 46.2 Å². The van der Waals surface area contributed by atoms with Gasteiger partial charge in [-0.25, -0.2) is 0 Å². The minimum absolute atomic E-state index is 0. The minimum atomic E-state index is -4.38. The first kappa shape index (κ1) is 16.6. The molecular formula is C10H9NaO6S2. The summed E-state index contributed by atoms with van der Waals surface area (Å²) in [7, 11) is -8.72. The van der Waals surface area contributed by atoms with E-state index >= 15 is 0 Å². The van der Waals surface area contributed by atoms with Crippen molar-refractivity contribution in [2.45, 2.75) is 9.79 Å². The Morgan fingerprint density at radius 3 is 1.74 bits per heavy atom. The van der Waals surface area contributed by atoms with Crippen molar-refractivity contribution in [3.63, 3.8) is 0 Å². The normalized spacial score (nSPS) is 12.1. The molecule has 0 spiro atoms. The average Bonchev–Trinajstić information content (AvgIpc) is 2.49. The van der Waals surface area contributed by atoms with E-state index in [1.807, 2.05) is 0 Å². The zero-order chi connectivity index (χ0) is 13.6. The molecule has 2 aliphatic carbocycles. The second-order valence-electron chi connectivity index (χ2n) is 3.62. The van der Waals surface area contributed by atoms with E-state index in [0.29, 0.717) is 5.56 Å². The van der Waals surface area contributed by atoms with Gasteiger partial charge in [-0.15, -0.1) is 0 Å². The summed E-state index contributed by atoms with van der Waals surface area (Å²) in [5.41, 5.74) is 0.706. The number of hydrogen-bond donors (Lipinski definition) is 2. The van der Waals surface area contributed by atoms with Crippen molar-refractivity contribution in [3.05, 3.63) is 36.4 Å². The molecule has 2 rings (SSSR count). The van der Waals surface area contributed by atoms with Gasteiger partial charge in [-0.2, -0.15) is 16.8 Å². The van der Waals surface area contributed by atoms with Gasteiger partial charge in [0.25, 0.3) is 20.2 Å². The molecule has 0 aromatic heterocycles. The molecule has 19 heavy (non-hydrogen) atoms. The first-order chi connectivity index (χ1) is 8.18. The SMILES string of the molecule is O=S(=O)(O)c1cccc2cc(S(=O)(=O)O)cc-2c1.[NaH]. The fourth-order valence-corrected chi connectivity index (χ4v) is 2.62. The molecule has 0 aromatic rings. The van der Waals surface area contributed by atoms with Gasteiger partial charge in [0, 0.05) is 0 Å². The van der Waals surface area contributed by atoms with Crippen molar-refractivity contribution in [1.29, 1.82) is 0 Å². The third-order valence-electron chi connectivity index (χ3n) is 2.36. The topological polar surface area (TPSA) is 109 Å². The Morgan fingerprint density at radius 2 is 1.21 bits per heavy atom. The van der Waals surface area contributed by atoms with Crippen LogP contribution in [0.1, 0.15) is 0 Å². The molecule has 98 valence electrons. The number of fused-ring (bicyclic) bond motifs is 1. The Hall–Kier alpha value is -0.480. The molecule has 0 heterocycles. The first-order valence-corrected chi connectivity index (χ1v) is 7.55. The summed E-state index contributed by atoms with van der Waals surface area (Å²) in [5.74, 6) is 0. The summed E-state index contributed by atoms with van der Waals surface area (Å²) < 4.78 is 61.7. The van der Waals surface area contributed by atoms with Gasteiger partial charge in [0.15, 0.2) is 0 Å². The third-order valence-corrected chi connectivity index (χ3v) is 4.04. The summed E-state index contributed by atoms with van der Waals surface area (Å²) in [5, 5.41) is 0. The second kappa shape index (κ2) is 5.49. The molecule has 2 aliphatic rings. The molecule has 0 fully saturated rings. The van der Waals surface area contributed by atoms with Gasteiger partial charge < -0.3 is 0 Å². The van der Waals surface area contributed by atoms with Gasteiger partial charge in [-0.3, -0.25) is 9.11 Å². The Balaban J connectivity index is 0.00000180. The van der Waals surface area contributed by atoms with Crippen LogP contribution in [0.25, 0.3) is 11.1 Å². The first-order valence-electron chi connectivity index (χ1n) is 4.67. The summed E-state index contributed by atoms with van der Waals surface area (Å²) in [6, 6.07) is 7.47. The van der Waals surface area contributed by atoms with Crippen molar-refractivity contribution >= 4 is 49.8 Å². The maximum atomic E-state index is 11.0. The van der Waals surface area contributed by atoms with Crippen molar-refractivity contribution in [3.8, 4) is 11.1 Å². The molecular weight excluding hydrogens is 303 g/mol. The van der Waals surface area contributed by atoms with E-state index in [1.165, 1.54) is 24.3 Å². The fourth-order valence-electron chi connectivity index (χ4n) is 1.54. The molecule has 0 radical (unpaired) electrons. The maximum absolute atomic E-state index is 11.0. The van der Waals surface area contributed by atoms with Crippen LogP contribution in [-0.2, 0) is 20.2 Å². The van der Waals surface area contributed by atoms with E-state index in [1.54, 1.807) is 0 Å². The number of hydrogen-bond acceptors (Lipinski definition) is 4. The number of rotatable bonds is 2. The predicted molar refractivity (Wildman–Crippen MR) is 69.8 cm³/mol. The Morgan fingerprint density at radius 1 is 0.737 bits per heavy atom. The molecule has 0 saturated carbocycles. The molecule has 0 bridgehead atoms. The van der Waals surface area contributed by atoms with E-state index < -0.39 is 20.2 Å². The predicted octanol–water partition coefficient (Wildman–Crippen LogP) is 0.636. The quantitative estimate of drug-likeness (QED) is 0.622. The monoisotopic (exact) mass is 312 g/mol. The Bertz CT molecular complexity index is 782. The van der Waals surface area contributed by atoms with Crippen LogP contribution in [0.3, 0.4) is 0 Å². The summed E-state index contributed by atoms with van der Waals surface area (Å²) >= 11 is 0. The van der Waals surface area contributed by atoms with Gasteiger partial charge in [-0.1, -0.05) is 12.1 Å². The second-order valence-corrected chi connectivity index (χ2v) is 6.47. The van der Waals surface area contributed by atoms with Gasteiger partial charge in [0.1, 0.15) is 0 Å². The molecule has 9 heteroatoms. The fraction of sp³-hybridized carbons (Fsp3) is 0. The Kier molecular flexibility index (Phi) is 4.79. The van der Waals surface area contributed by atoms with Crippen LogP contribution >= 0.6 is 0 Å². The van der Waals surface area contributed by atoms with Crippen molar-refractivity contribution in [2.24, 2.45) is 0 Å². The van der Waals surface area contributed by atoms with E-state index in [-0.39, 0.29) is 44.9 Å². The summed E-state index contributed by atoms with van der Waals surface area (Å²) in [6.07, 6.45) is 0. The van der Waals surface area contributed by atoms with Gasteiger partial charge >= 0.3 is 29.6 Å². The van der Waals surface area contributed by atoms with Crippen LogP contribution in [0.5, 0.6) is 0 Å². The van der Waals surface area contributed by atoms with Crippen LogP contribution in [0, 0.1) is 0 Å². The molecule has 0 aliphatic heterocycles. The van der Waals surface area contributed by atoms with Gasteiger partial charge in [0.2, 0.25) is 0 Å². The molecule has 6 nitrogen and oxygen atoms in total. The zero-order valence-electron chi connectivity index (χ0n) is 8.81. The van der Waals surface area contributed by atoms with Crippen LogP contribution in [-0.4, -0.2) is 55.5 Å². The molecule has 0 aromatic carbocycles. The third kappa shape index (κ3) is 3.76.